The first kappa shape index (κ1) is 23.9. The molecule has 4 rings (SSSR count). The van der Waals surface area contributed by atoms with E-state index in [1.165, 1.54) is 0 Å². The van der Waals surface area contributed by atoms with Gasteiger partial charge >= 0.3 is 0 Å². The number of rotatable bonds is 9. The maximum absolute atomic E-state index is 12.2. The number of carbonyl (C=O) groups excluding carboxylic acids is 1. The van der Waals surface area contributed by atoms with Crippen LogP contribution in [0.25, 0.3) is 5.76 Å². The quantitative estimate of drug-likeness (QED) is 0.355. The Morgan fingerprint density at radius 2 is 2.27 bits per heavy atom. The number of amides is 1. The number of guanidine groups is 1. The van der Waals surface area contributed by atoms with Crippen molar-refractivity contribution in [3.8, 4) is 0 Å². The largest absolute Gasteiger partial charge is 0.487 e. The SMILES string of the molecule is C=C(O[C@@H]1C[C@H](N2C=NC3C(=O)NC(N)=NC32)O[C@@H]1CO)c1ccccc1C(C)SSCC. The number of aliphatic hydroxyl groups is 1. The number of ether oxygens (including phenoxy) is 2. The highest BCUT2D eigenvalue weighted by Crippen LogP contribution is 2.41. The first-order valence-corrected chi connectivity index (χ1v) is 13.3. The first-order valence-electron chi connectivity index (χ1n) is 10.9. The molecule has 1 amide bonds. The van der Waals surface area contributed by atoms with Gasteiger partial charge in [0.1, 0.15) is 24.2 Å². The molecule has 0 bridgehead atoms. The van der Waals surface area contributed by atoms with E-state index < -0.39 is 30.6 Å². The van der Waals surface area contributed by atoms with E-state index in [0.29, 0.717) is 12.2 Å². The molecule has 11 heteroatoms. The minimum absolute atomic E-state index is 0.0551. The Hall–Kier alpha value is -2.21. The lowest BCUT2D eigenvalue weighted by atomic mass is 10.0. The van der Waals surface area contributed by atoms with Crippen LogP contribution >= 0.6 is 21.6 Å². The van der Waals surface area contributed by atoms with Gasteiger partial charge in [-0.05, 0) is 12.5 Å². The predicted octanol–water partition coefficient (Wildman–Crippen LogP) is 2.10. The Kier molecular flexibility index (Phi) is 7.52. The van der Waals surface area contributed by atoms with Crippen molar-refractivity contribution in [3.63, 3.8) is 0 Å². The van der Waals surface area contributed by atoms with Gasteiger partial charge in [0.15, 0.2) is 18.2 Å². The smallest absolute Gasteiger partial charge is 0.255 e. The summed E-state index contributed by atoms with van der Waals surface area (Å²) < 4.78 is 12.3. The van der Waals surface area contributed by atoms with E-state index in [4.69, 9.17) is 15.2 Å². The van der Waals surface area contributed by atoms with Crippen LogP contribution in [0, 0.1) is 0 Å². The number of benzene rings is 1. The molecule has 3 unspecified atom stereocenters. The number of nitrogens with zero attached hydrogens (tertiary/aromatic N) is 3. The molecule has 1 saturated heterocycles. The highest BCUT2D eigenvalue weighted by Gasteiger charge is 2.47. The number of carbonyl (C=O) groups is 1. The Morgan fingerprint density at radius 3 is 3.03 bits per heavy atom. The number of hydrogen-bond acceptors (Lipinski definition) is 10. The summed E-state index contributed by atoms with van der Waals surface area (Å²) in [6.45, 7) is 8.28. The van der Waals surface area contributed by atoms with E-state index in [0.717, 1.165) is 16.9 Å². The van der Waals surface area contributed by atoms with Crippen LogP contribution in [0.5, 0.6) is 0 Å². The van der Waals surface area contributed by atoms with Crippen LogP contribution in [0.4, 0.5) is 0 Å². The van der Waals surface area contributed by atoms with Gasteiger partial charge in [0.25, 0.3) is 5.91 Å². The van der Waals surface area contributed by atoms with Gasteiger partial charge in [0.05, 0.1) is 12.9 Å². The Morgan fingerprint density at radius 1 is 1.48 bits per heavy atom. The maximum Gasteiger partial charge on any atom is 0.255 e. The van der Waals surface area contributed by atoms with Gasteiger partial charge in [-0.15, -0.1) is 0 Å². The summed E-state index contributed by atoms with van der Waals surface area (Å²) in [6.07, 6.45) is 0.0144. The summed E-state index contributed by atoms with van der Waals surface area (Å²) in [5.74, 6) is 1.33. The Labute approximate surface area is 201 Å². The molecule has 1 aromatic carbocycles. The van der Waals surface area contributed by atoms with E-state index in [2.05, 4.69) is 41.8 Å². The summed E-state index contributed by atoms with van der Waals surface area (Å²) in [5.41, 5.74) is 7.83. The van der Waals surface area contributed by atoms with Gasteiger partial charge in [-0.25, -0.2) is 4.99 Å². The Balaban J connectivity index is 1.46. The minimum atomic E-state index is -0.671. The molecule has 1 fully saturated rings. The van der Waals surface area contributed by atoms with E-state index >= 15 is 0 Å². The lowest BCUT2D eigenvalue weighted by molar-refractivity contribution is -0.123. The molecule has 4 N–H and O–H groups in total. The van der Waals surface area contributed by atoms with Gasteiger partial charge in [0, 0.05) is 23.0 Å². The molecule has 0 aromatic heterocycles. The Bertz CT molecular complexity index is 958. The standard InChI is InChI=1S/C22H29N5O4S2/c1-4-32-33-13(3)15-8-6-5-7-14(15)12(2)30-16-9-18(31-17(16)10-28)27-11-24-19-20(27)25-22(23)26-21(19)29/h5-8,11,13,16-20,28H,2,4,9-10H2,1,3H3,(H3,23,25,26,29)/t13?,16-,17-,18-,19?,20?/m1/s1. The number of aliphatic imine (C=N–C) groups is 2. The van der Waals surface area contributed by atoms with Gasteiger partial charge in [-0.1, -0.05) is 59.4 Å². The third kappa shape index (κ3) is 5.01. The number of nitrogens with one attached hydrogen (secondary N) is 1. The van der Waals surface area contributed by atoms with Crippen molar-refractivity contribution in [2.24, 2.45) is 15.7 Å². The fourth-order valence-electron chi connectivity index (χ4n) is 4.16. The lowest BCUT2D eigenvalue weighted by Gasteiger charge is -2.31. The van der Waals surface area contributed by atoms with Gasteiger partial charge < -0.3 is 25.2 Å². The zero-order valence-electron chi connectivity index (χ0n) is 18.6. The molecule has 178 valence electrons. The van der Waals surface area contributed by atoms with Crippen LogP contribution in [0.15, 0.2) is 40.8 Å². The number of hydrogen-bond donors (Lipinski definition) is 3. The average Bonchev–Trinajstić information content (AvgIpc) is 3.41. The second-order valence-electron chi connectivity index (χ2n) is 7.93. The second-order valence-corrected chi connectivity index (χ2v) is 10.9. The van der Waals surface area contributed by atoms with Gasteiger partial charge in [-0.2, -0.15) is 0 Å². The van der Waals surface area contributed by atoms with E-state index in [1.54, 1.807) is 11.2 Å². The second kappa shape index (κ2) is 10.4. The van der Waals surface area contributed by atoms with E-state index in [-0.39, 0.29) is 23.7 Å². The van der Waals surface area contributed by atoms with Crippen LogP contribution in [0.1, 0.15) is 36.6 Å². The molecule has 0 spiro atoms. The molecular formula is C22H29N5O4S2. The molecule has 3 aliphatic heterocycles. The van der Waals surface area contributed by atoms with Crippen LogP contribution in [-0.2, 0) is 14.3 Å². The zero-order valence-corrected chi connectivity index (χ0v) is 20.2. The molecule has 33 heavy (non-hydrogen) atoms. The van der Waals surface area contributed by atoms with Gasteiger partial charge in [-0.3, -0.25) is 15.1 Å². The highest BCUT2D eigenvalue weighted by molar-refractivity contribution is 8.76. The molecule has 1 aromatic rings. The third-order valence-electron chi connectivity index (χ3n) is 5.76. The van der Waals surface area contributed by atoms with Crippen molar-refractivity contribution in [3.05, 3.63) is 42.0 Å². The fourth-order valence-corrected chi connectivity index (χ4v) is 6.14. The molecule has 3 heterocycles. The van der Waals surface area contributed by atoms with Gasteiger partial charge in [0.2, 0.25) is 0 Å². The molecule has 6 atom stereocenters. The average molecular weight is 492 g/mol. The van der Waals surface area contributed by atoms with Crippen molar-refractivity contribution in [2.45, 2.75) is 56.2 Å². The van der Waals surface area contributed by atoms with Crippen LogP contribution < -0.4 is 11.1 Å². The number of aliphatic hydroxyl groups excluding tert-OH is 1. The highest BCUT2D eigenvalue weighted by atomic mass is 33.1. The topological polar surface area (TPSA) is 122 Å². The van der Waals surface area contributed by atoms with E-state index in [9.17, 15) is 9.90 Å². The number of nitrogens with two attached hydrogens (primary N) is 1. The predicted molar refractivity (Wildman–Crippen MR) is 133 cm³/mol. The summed E-state index contributed by atoms with van der Waals surface area (Å²) in [6, 6.07) is 7.40. The fraction of sp³-hybridized carbons (Fsp3) is 0.500. The van der Waals surface area contributed by atoms with Crippen LogP contribution in [-0.4, -0.2) is 71.2 Å². The maximum atomic E-state index is 12.2. The first-order chi connectivity index (χ1) is 15.9. The van der Waals surface area contributed by atoms with Crippen molar-refractivity contribution in [2.75, 3.05) is 12.4 Å². The summed E-state index contributed by atoms with van der Waals surface area (Å²) in [7, 11) is 3.64. The minimum Gasteiger partial charge on any atom is -0.487 e. The van der Waals surface area contributed by atoms with E-state index in [1.807, 2.05) is 39.8 Å². The summed E-state index contributed by atoms with van der Waals surface area (Å²) in [5, 5.41) is 12.7. The van der Waals surface area contributed by atoms with Crippen LogP contribution in [0.2, 0.25) is 0 Å². The monoisotopic (exact) mass is 491 g/mol. The summed E-state index contributed by atoms with van der Waals surface area (Å²) >= 11 is 0. The molecule has 3 aliphatic rings. The molecular weight excluding hydrogens is 462 g/mol. The zero-order chi connectivity index (χ0) is 23.5. The number of fused-ring (bicyclic) bond motifs is 1. The van der Waals surface area contributed by atoms with Crippen molar-refractivity contribution < 1.29 is 19.4 Å². The van der Waals surface area contributed by atoms with Crippen molar-refractivity contribution in [1.29, 1.82) is 0 Å². The molecule has 0 radical (unpaired) electrons. The molecule has 0 aliphatic carbocycles. The molecule has 9 nitrogen and oxygen atoms in total. The third-order valence-corrected chi connectivity index (χ3v) is 8.65. The summed E-state index contributed by atoms with van der Waals surface area (Å²) in [4.78, 5) is 22.5. The van der Waals surface area contributed by atoms with Crippen LogP contribution in [0.3, 0.4) is 0 Å². The van der Waals surface area contributed by atoms with Crippen molar-refractivity contribution in [1.82, 2.24) is 10.2 Å². The molecule has 0 saturated carbocycles. The van der Waals surface area contributed by atoms with Crippen molar-refractivity contribution >= 4 is 45.6 Å². The lowest BCUT2D eigenvalue weighted by Crippen LogP contribution is -2.55. The normalized spacial score (nSPS) is 29.4.